The van der Waals surface area contributed by atoms with Gasteiger partial charge in [-0.15, -0.1) is 0 Å². The van der Waals surface area contributed by atoms with Crippen molar-refractivity contribution in [1.29, 1.82) is 0 Å². The van der Waals surface area contributed by atoms with Gasteiger partial charge in [-0.05, 0) is 25.0 Å². The molecule has 0 spiro atoms. The molecule has 0 amide bonds. The largest absolute Gasteiger partial charge is 0.493 e. The van der Waals surface area contributed by atoms with Gasteiger partial charge in [0.25, 0.3) is 0 Å². The maximum atomic E-state index is 11.4. The molecule has 0 aliphatic heterocycles. The van der Waals surface area contributed by atoms with Crippen LogP contribution in [0, 0.1) is 5.92 Å². The topological polar surface area (TPSA) is 63.2 Å². The summed E-state index contributed by atoms with van der Waals surface area (Å²) in [5.41, 5.74) is 0. The van der Waals surface area contributed by atoms with Crippen LogP contribution in [0.3, 0.4) is 0 Å². The number of carbonyl (C=O) groups excluding carboxylic acids is 1. The second-order valence-electron chi connectivity index (χ2n) is 6.30. The van der Waals surface area contributed by atoms with E-state index in [9.17, 15) is 4.79 Å². The maximum absolute atomic E-state index is 11.4. The first-order chi connectivity index (χ1) is 13.0. The van der Waals surface area contributed by atoms with E-state index in [4.69, 9.17) is 23.7 Å². The molecule has 0 N–H and O–H groups in total. The van der Waals surface area contributed by atoms with Gasteiger partial charge in [0.15, 0.2) is 11.5 Å². The van der Waals surface area contributed by atoms with Gasteiger partial charge in [-0.3, -0.25) is 0 Å². The lowest BCUT2D eigenvalue weighted by Gasteiger charge is -2.22. The van der Waals surface area contributed by atoms with Crippen LogP contribution in [0.15, 0.2) is 30.4 Å². The monoisotopic (exact) mass is 380 g/mol. The number of hydrogen-bond acceptors (Lipinski definition) is 6. The highest BCUT2D eigenvalue weighted by Gasteiger charge is 2.16. The van der Waals surface area contributed by atoms with Gasteiger partial charge >= 0.3 is 5.97 Å². The van der Waals surface area contributed by atoms with Crippen molar-refractivity contribution in [2.75, 3.05) is 34.0 Å². The van der Waals surface area contributed by atoms with E-state index in [0.717, 1.165) is 6.42 Å². The average Bonchev–Trinajstić information content (AvgIpc) is 2.64. The molecule has 1 rings (SSSR count). The average molecular weight is 380 g/mol. The summed E-state index contributed by atoms with van der Waals surface area (Å²) < 4.78 is 27.2. The van der Waals surface area contributed by atoms with Crippen LogP contribution in [0.25, 0.3) is 0 Å². The molecule has 0 heterocycles. The Hall–Kier alpha value is -2.21. The molecule has 6 heteroatoms. The fraction of sp³-hybridized carbons (Fsp3) is 0.571. The summed E-state index contributed by atoms with van der Waals surface area (Å²) in [6.45, 7) is 7.48. The Morgan fingerprint density at radius 1 is 1.15 bits per heavy atom. The first-order valence-electron chi connectivity index (χ1n) is 9.31. The van der Waals surface area contributed by atoms with E-state index < -0.39 is 0 Å². The minimum atomic E-state index is -0.337. The molecule has 0 unspecified atom stereocenters. The van der Waals surface area contributed by atoms with Crippen LogP contribution in [-0.4, -0.2) is 46.1 Å². The Bertz CT molecular complexity index is 582. The lowest BCUT2D eigenvalue weighted by molar-refractivity contribution is -0.137. The van der Waals surface area contributed by atoms with Gasteiger partial charge in [-0.25, -0.2) is 4.79 Å². The minimum absolute atomic E-state index is 0.0783. The third-order valence-corrected chi connectivity index (χ3v) is 3.83. The predicted octanol–water partition coefficient (Wildman–Crippen LogP) is 4.02. The quantitative estimate of drug-likeness (QED) is 0.293. The summed E-state index contributed by atoms with van der Waals surface area (Å²) in [5, 5.41) is 0. The molecule has 0 radical (unpaired) electrons. The summed E-state index contributed by atoms with van der Waals surface area (Å²) in [6.07, 6.45) is 4.55. The molecule has 0 aliphatic rings. The van der Waals surface area contributed by atoms with Crippen LogP contribution in [0.1, 0.15) is 33.6 Å². The van der Waals surface area contributed by atoms with Gasteiger partial charge in [0.05, 0.1) is 20.3 Å². The zero-order chi connectivity index (χ0) is 20.1. The van der Waals surface area contributed by atoms with E-state index >= 15 is 0 Å². The third-order valence-electron chi connectivity index (χ3n) is 3.83. The standard InChI is InChI=1S/C21H32O6/c1-6-25-21(22)10-7-9-18(16(2)3)27-17-11-12-19(24-5)20(15-17)26-14-8-13-23-4/h7,10-12,15-16,18H,6,8-9,13-14H2,1-5H3/t18-/m0/s1. The molecule has 0 saturated heterocycles. The summed E-state index contributed by atoms with van der Waals surface area (Å²) in [5.74, 6) is 1.92. The first kappa shape index (κ1) is 22.8. The molecule has 1 aromatic carbocycles. The van der Waals surface area contributed by atoms with E-state index in [1.165, 1.54) is 6.08 Å². The second kappa shape index (κ2) is 13.0. The van der Waals surface area contributed by atoms with Crippen molar-refractivity contribution in [3.63, 3.8) is 0 Å². The highest BCUT2D eigenvalue weighted by molar-refractivity contribution is 5.81. The van der Waals surface area contributed by atoms with E-state index in [1.54, 1.807) is 27.2 Å². The van der Waals surface area contributed by atoms with Crippen molar-refractivity contribution in [2.24, 2.45) is 5.92 Å². The van der Waals surface area contributed by atoms with Gasteiger partial charge in [0, 0.05) is 38.7 Å². The zero-order valence-electron chi connectivity index (χ0n) is 17.0. The smallest absolute Gasteiger partial charge is 0.330 e. The number of carbonyl (C=O) groups is 1. The van der Waals surface area contributed by atoms with E-state index in [-0.39, 0.29) is 18.0 Å². The summed E-state index contributed by atoms with van der Waals surface area (Å²) in [7, 11) is 3.27. The molecule has 27 heavy (non-hydrogen) atoms. The SMILES string of the molecule is CCOC(=O)C=CC[C@H](Oc1ccc(OC)c(OCCCOC)c1)C(C)C. The Kier molecular flexibility index (Phi) is 11.0. The van der Waals surface area contributed by atoms with Crippen molar-refractivity contribution >= 4 is 5.97 Å². The van der Waals surface area contributed by atoms with Crippen molar-refractivity contribution < 1.29 is 28.5 Å². The molecule has 0 aromatic heterocycles. The molecule has 6 nitrogen and oxygen atoms in total. The van der Waals surface area contributed by atoms with E-state index in [0.29, 0.717) is 43.5 Å². The number of methoxy groups -OCH3 is 2. The van der Waals surface area contributed by atoms with Crippen molar-refractivity contribution in [2.45, 2.75) is 39.7 Å². The Morgan fingerprint density at radius 2 is 1.93 bits per heavy atom. The summed E-state index contributed by atoms with van der Waals surface area (Å²) in [4.78, 5) is 11.4. The molecule has 0 bridgehead atoms. The lowest BCUT2D eigenvalue weighted by Crippen LogP contribution is -2.22. The van der Waals surface area contributed by atoms with Crippen LogP contribution < -0.4 is 14.2 Å². The summed E-state index contributed by atoms with van der Waals surface area (Å²) >= 11 is 0. The molecule has 0 aliphatic carbocycles. The molecular weight excluding hydrogens is 348 g/mol. The van der Waals surface area contributed by atoms with Gasteiger partial charge < -0.3 is 23.7 Å². The van der Waals surface area contributed by atoms with Crippen molar-refractivity contribution in [3.05, 3.63) is 30.4 Å². The summed E-state index contributed by atoms with van der Waals surface area (Å²) in [6, 6.07) is 5.51. The van der Waals surface area contributed by atoms with Crippen LogP contribution in [-0.2, 0) is 14.3 Å². The third kappa shape index (κ3) is 8.82. The van der Waals surface area contributed by atoms with Gasteiger partial charge in [0.1, 0.15) is 11.9 Å². The number of rotatable bonds is 13. The van der Waals surface area contributed by atoms with Crippen molar-refractivity contribution in [3.8, 4) is 17.2 Å². The fourth-order valence-corrected chi connectivity index (χ4v) is 2.35. The predicted molar refractivity (Wildman–Crippen MR) is 105 cm³/mol. The molecule has 1 atom stereocenters. The minimum Gasteiger partial charge on any atom is -0.493 e. The Morgan fingerprint density at radius 3 is 2.56 bits per heavy atom. The molecular formula is C21H32O6. The highest BCUT2D eigenvalue weighted by atomic mass is 16.5. The lowest BCUT2D eigenvalue weighted by atomic mass is 10.0. The molecule has 152 valence electrons. The number of ether oxygens (including phenoxy) is 5. The highest BCUT2D eigenvalue weighted by Crippen LogP contribution is 2.32. The second-order valence-corrected chi connectivity index (χ2v) is 6.30. The molecule has 0 saturated carbocycles. The van der Waals surface area contributed by atoms with Crippen LogP contribution in [0.2, 0.25) is 0 Å². The van der Waals surface area contributed by atoms with E-state index in [1.807, 2.05) is 18.2 Å². The van der Waals surface area contributed by atoms with E-state index in [2.05, 4.69) is 13.8 Å². The van der Waals surface area contributed by atoms with Crippen LogP contribution >= 0.6 is 0 Å². The fourth-order valence-electron chi connectivity index (χ4n) is 2.35. The van der Waals surface area contributed by atoms with Crippen LogP contribution in [0.5, 0.6) is 17.2 Å². The van der Waals surface area contributed by atoms with Crippen LogP contribution in [0.4, 0.5) is 0 Å². The number of esters is 1. The molecule has 1 aromatic rings. The van der Waals surface area contributed by atoms with Gasteiger partial charge in [-0.2, -0.15) is 0 Å². The normalized spacial score (nSPS) is 12.2. The maximum Gasteiger partial charge on any atom is 0.330 e. The molecule has 0 fully saturated rings. The zero-order valence-corrected chi connectivity index (χ0v) is 17.0. The van der Waals surface area contributed by atoms with Gasteiger partial charge in [0.2, 0.25) is 0 Å². The van der Waals surface area contributed by atoms with Crippen molar-refractivity contribution in [1.82, 2.24) is 0 Å². The first-order valence-corrected chi connectivity index (χ1v) is 9.31. The number of benzene rings is 1. The Balaban J connectivity index is 2.75. The Labute approximate surface area is 162 Å². The van der Waals surface area contributed by atoms with Gasteiger partial charge in [-0.1, -0.05) is 19.9 Å². The number of hydrogen-bond donors (Lipinski definition) is 0.